The number of nitrogens with one attached hydrogen (secondary N) is 1. The summed E-state index contributed by atoms with van der Waals surface area (Å²) in [5.74, 6) is -6.07. The molecular weight excluding hydrogens is 325 g/mol. The molecule has 0 spiro atoms. The third-order valence-electron chi connectivity index (χ3n) is 3.31. The van der Waals surface area contributed by atoms with E-state index in [0.29, 0.717) is 4.90 Å². The largest absolute Gasteiger partial charge is 0.503 e. The molecule has 5 nitrogen and oxygen atoms in total. The molecule has 1 heterocycles. The van der Waals surface area contributed by atoms with Gasteiger partial charge in [-0.05, 0) is 12.1 Å². The summed E-state index contributed by atoms with van der Waals surface area (Å²) >= 11 is 0. The van der Waals surface area contributed by atoms with Gasteiger partial charge in [0.2, 0.25) is 0 Å². The van der Waals surface area contributed by atoms with Crippen molar-refractivity contribution < 1.29 is 27.9 Å². The highest BCUT2D eigenvalue weighted by Gasteiger charge is 2.34. The highest BCUT2D eigenvalue weighted by molar-refractivity contribution is 6.31. The standard InChI is InChI=1S/C16H9F3N2O3/c17-9-3-1-2-4-13(9)21-14(22)7-12(16(21)24)20-8-5-10(18)15(23)11(19)6-8/h1-7,20,23H. The molecule has 2 aromatic carbocycles. The Morgan fingerprint density at radius 1 is 0.958 bits per heavy atom. The molecule has 2 aromatic rings. The maximum Gasteiger partial charge on any atom is 0.282 e. The van der Waals surface area contributed by atoms with E-state index >= 15 is 0 Å². The monoisotopic (exact) mass is 334 g/mol. The number of hydrogen-bond donors (Lipinski definition) is 2. The minimum atomic E-state index is -1.24. The van der Waals surface area contributed by atoms with Crippen molar-refractivity contribution in [1.82, 2.24) is 0 Å². The molecule has 0 radical (unpaired) electrons. The topological polar surface area (TPSA) is 69.6 Å². The number of benzene rings is 2. The molecule has 0 atom stereocenters. The normalized spacial score (nSPS) is 14.1. The van der Waals surface area contributed by atoms with Crippen LogP contribution in [0, 0.1) is 17.5 Å². The number of halogens is 3. The van der Waals surface area contributed by atoms with Crippen LogP contribution >= 0.6 is 0 Å². The van der Waals surface area contributed by atoms with Crippen molar-refractivity contribution in [3.05, 3.63) is 65.6 Å². The third kappa shape index (κ3) is 2.58. The second-order valence-electron chi connectivity index (χ2n) is 4.90. The van der Waals surface area contributed by atoms with E-state index in [-0.39, 0.29) is 17.1 Å². The Morgan fingerprint density at radius 2 is 1.58 bits per heavy atom. The lowest BCUT2D eigenvalue weighted by Crippen LogP contribution is -2.32. The molecule has 2 N–H and O–H groups in total. The fraction of sp³-hybridized carbons (Fsp3) is 0. The van der Waals surface area contributed by atoms with Crippen LogP contribution in [-0.4, -0.2) is 16.9 Å². The van der Waals surface area contributed by atoms with E-state index in [9.17, 15) is 22.8 Å². The lowest BCUT2D eigenvalue weighted by Gasteiger charge is -2.16. The van der Waals surface area contributed by atoms with Crippen LogP contribution in [0.3, 0.4) is 0 Å². The Morgan fingerprint density at radius 3 is 2.21 bits per heavy atom. The maximum atomic E-state index is 13.8. The van der Waals surface area contributed by atoms with Gasteiger partial charge in [-0.3, -0.25) is 9.59 Å². The van der Waals surface area contributed by atoms with Crippen LogP contribution in [0.4, 0.5) is 24.5 Å². The number of hydrogen-bond acceptors (Lipinski definition) is 4. The van der Waals surface area contributed by atoms with Crippen molar-refractivity contribution in [2.45, 2.75) is 0 Å². The molecule has 0 saturated carbocycles. The first-order valence-corrected chi connectivity index (χ1v) is 6.68. The zero-order valence-electron chi connectivity index (χ0n) is 11.9. The summed E-state index contributed by atoms with van der Waals surface area (Å²) in [6, 6.07) is 6.70. The molecule has 1 aliphatic heterocycles. The summed E-state index contributed by atoms with van der Waals surface area (Å²) in [4.78, 5) is 24.8. The van der Waals surface area contributed by atoms with Crippen LogP contribution < -0.4 is 10.2 Å². The first-order valence-electron chi connectivity index (χ1n) is 6.68. The molecule has 0 aliphatic carbocycles. The van der Waals surface area contributed by atoms with Gasteiger partial charge in [-0.25, -0.2) is 18.1 Å². The predicted molar refractivity (Wildman–Crippen MR) is 78.6 cm³/mol. The van der Waals surface area contributed by atoms with E-state index in [1.165, 1.54) is 18.2 Å². The number of carbonyl (C=O) groups excluding carboxylic acids is 2. The molecule has 0 bridgehead atoms. The predicted octanol–water partition coefficient (Wildman–Crippen LogP) is 2.68. The van der Waals surface area contributed by atoms with Crippen LogP contribution in [0.15, 0.2) is 48.2 Å². The number of nitrogens with zero attached hydrogens (tertiary/aromatic N) is 1. The molecule has 24 heavy (non-hydrogen) atoms. The van der Waals surface area contributed by atoms with Crippen molar-refractivity contribution in [1.29, 1.82) is 0 Å². The van der Waals surface area contributed by atoms with E-state index in [1.54, 1.807) is 0 Å². The van der Waals surface area contributed by atoms with Gasteiger partial charge in [0.05, 0.1) is 5.69 Å². The highest BCUT2D eigenvalue weighted by atomic mass is 19.1. The zero-order chi connectivity index (χ0) is 17.4. The second-order valence-corrected chi connectivity index (χ2v) is 4.90. The Hall–Kier alpha value is -3.29. The number of amides is 2. The number of anilines is 2. The van der Waals surface area contributed by atoms with Gasteiger partial charge in [0, 0.05) is 23.9 Å². The Labute approximate surface area is 133 Å². The quantitative estimate of drug-likeness (QED) is 0.669. The van der Waals surface area contributed by atoms with Crippen LogP contribution in [0.5, 0.6) is 5.75 Å². The van der Waals surface area contributed by atoms with E-state index in [2.05, 4.69) is 5.32 Å². The fourth-order valence-corrected chi connectivity index (χ4v) is 2.21. The van der Waals surface area contributed by atoms with Crippen molar-refractivity contribution in [2.24, 2.45) is 0 Å². The number of para-hydroxylation sites is 1. The van der Waals surface area contributed by atoms with Gasteiger partial charge in [-0.15, -0.1) is 0 Å². The van der Waals surface area contributed by atoms with Crippen LogP contribution in [0.2, 0.25) is 0 Å². The highest BCUT2D eigenvalue weighted by Crippen LogP contribution is 2.28. The lowest BCUT2D eigenvalue weighted by atomic mass is 10.2. The smallest absolute Gasteiger partial charge is 0.282 e. The molecule has 2 amide bonds. The van der Waals surface area contributed by atoms with Gasteiger partial charge in [0.1, 0.15) is 11.5 Å². The number of phenols is 1. The minimum absolute atomic E-state index is 0.189. The molecule has 0 fully saturated rings. The van der Waals surface area contributed by atoms with Crippen molar-refractivity contribution in [3.63, 3.8) is 0 Å². The average Bonchev–Trinajstić information content (AvgIpc) is 2.80. The fourth-order valence-electron chi connectivity index (χ4n) is 2.21. The Bertz CT molecular complexity index is 873. The van der Waals surface area contributed by atoms with Crippen LogP contribution in [-0.2, 0) is 9.59 Å². The number of rotatable bonds is 3. The maximum absolute atomic E-state index is 13.8. The summed E-state index contributed by atoms with van der Waals surface area (Å²) in [6.07, 6.45) is 0.886. The Kier molecular flexibility index (Phi) is 3.72. The number of imide groups is 1. The summed E-state index contributed by atoms with van der Waals surface area (Å²) in [7, 11) is 0. The Balaban J connectivity index is 1.89. The minimum Gasteiger partial charge on any atom is -0.503 e. The van der Waals surface area contributed by atoms with Crippen molar-refractivity contribution in [3.8, 4) is 5.75 Å². The second kappa shape index (κ2) is 5.73. The summed E-state index contributed by atoms with van der Waals surface area (Å²) in [6.45, 7) is 0. The van der Waals surface area contributed by atoms with Crippen molar-refractivity contribution >= 4 is 23.2 Å². The SMILES string of the molecule is O=C1C=C(Nc2cc(F)c(O)c(F)c2)C(=O)N1c1ccccc1F. The molecule has 0 saturated heterocycles. The molecule has 3 rings (SSSR count). The van der Waals surface area contributed by atoms with E-state index in [4.69, 9.17) is 5.11 Å². The summed E-state index contributed by atoms with van der Waals surface area (Å²) in [5.41, 5.74) is -0.707. The van der Waals surface area contributed by atoms with Crippen LogP contribution in [0.1, 0.15) is 0 Å². The summed E-state index contributed by atoms with van der Waals surface area (Å²) in [5, 5.41) is 11.4. The van der Waals surface area contributed by atoms with Gasteiger partial charge in [-0.2, -0.15) is 0 Å². The lowest BCUT2D eigenvalue weighted by molar-refractivity contribution is -0.120. The van der Waals surface area contributed by atoms with Gasteiger partial charge in [-0.1, -0.05) is 12.1 Å². The summed E-state index contributed by atoms with van der Waals surface area (Å²) < 4.78 is 40.4. The van der Waals surface area contributed by atoms with E-state index < -0.39 is 35.0 Å². The molecule has 8 heteroatoms. The van der Waals surface area contributed by atoms with E-state index in [1.807, 2.05) is 0 Å². The average molecular weight is 334 g/mol. The van der Waals surface area contributed by atoms with Gasteiger partial charge in [0.25, 0.3) is 11.8 Å². The molecule has 122 valence electrons. The van der Waals surface area contributed by atoms with Gasteiger partial charge >= 0.3 is 0 Å². The first kappa shape index (κ1) is 15.6. The van der Waals surface area contributed by atoms with Crippen molar-refractivity contribution in [2.75, 3.05) is 10.2 Å². The number of aromatic hydroxyl groups is 1. The third-order valence-corrected chi connectivity index (χ3v) is 3.31. The van der Waals surface area contributed by atoms with Gasteiger partial charge in [0.15, 0.2) is 17.4 Å². The van der Waals surface area contributed by atoms with Crippen LogP contribution in [0.25, 0.3) is 0 Å². The van der Waals surface area contributed by atoms with E-state index in [0.717, 1.165) is 24.3 Å². The molecular formula is C16H9F3N2O3. The number of carbonyl (C=O) groups is 2. The number of phenolic OH excluding ortho intramolecular Hbond substituents is 1. The first-order chi connectivity index (χ1) is 11.4. The zero-order valence-corrected chi connectivity index (χ0v) is 11.9. The molecule has 1 aliphatic rings. The molecule has 0 unspecified atom stereocenters. The molecule has 0 aromatic heterocycles. The van der Waals surface area contributed by atoms with Gasteiger partial charge < -0.3 is 10.4 Å².